The van der Waals surface area contributed by atoms with Crippen LogP contribution in [-0.2, 0) is 21.2 Å². The minimum absolute atomic E-state index is 0.0524. The van der Waals surface area contributed by atoms with Crippen LogP contribution in [0.3, 0.4) is 0 Å². The lowest BCUT2D eigenvalue weighted by Gasteiger charge is -2.19. The fourth-order valence-electron chi connectivity index (χ4n) is 3.74. The van der Waals surface area contributed by atoms with Crippen LogP contribution in [0.25, 0.3) is 0 Å². The number of hydrogen-bond donors (Lipinski definition) is 2. The van der Waals surface area contributed by atoms with Gasteiger partial charge in [-0.15, -0.1) is 0 Å². The molecule has 4 aromatic rings. The molecule has 0 saturated heterocycles. The fourth-order valence-corrected chi connectivity index (χ4v) is 4.95. The summed E-state index contributed by atoms with van der Waals surface area (Å²) in [5.41, 5.74) is 1.30. The first-order chi connectivity index (χ1) is 18.4. The van der Waals surface area contributed by atoms with Crippen molar-refractivity contribution >= 4 is 21.6 Å². The van der Waals surface area contributed by atoms with Crippen molar-refractivity contribution in [3.8, 4) is 23.0 Å². The maximum Gasteiger partial charge on any atom is 0.242 e. The second-order valence-electron chi connectivity index (χ2n) is 8.31. The van der Waals surface area contributed by atoms with Crippen molar-refractivity contribution in [2.24, 2.45) is 0 Å². The van der Waals surface area contributed by atoms with Crippen molar-refractivity contribution < 1.29 is 27.4 Å². The first-order valence-electron chi connectivity index (χ1n) is 11.8. The van der Waals surface area contributed by atoms with Crippen LogP contribution in [-0.4, -0.2) is 34.6 Å². The third kappa shape index (κ3) is 6.90. The number of ether oxygens (including phenoxy) is 3. The van der Waals surface area contributed by atoms with E-state index in [2.05, 4.69) is 10.0 Å². The highest BCUT2D eigenvalue weighted by Crippen LogP contribution is 2.29. The maximum atomic E-state index is 13.3. The van der Waals surface area contributed by atoms with Gasteiger partial charge in [0.1, 0.15) is 17.5 Å². The first-order valence-corrected chi connectivity index (χ1v) is 13.3. The molecule has 0 spiro atoms. The zero-order valence-electron chi connectivity index (χ0n) is 21.0. The minimum Gasteiger partial charge on any atom is -0.493 e. The van der Waals surface area contributed by atoms with E-state index in [0.717, 1.165) is 5.56 Å². The summed E-state index contributed by atoms with van der Waals surface area (Å²) < 4.78 is 45.3. The predicted octanol–water partition coefficient (Wildman–Crippen LogP) is 5.02. The van der Waals surface area contributed by atoms with Gasteiger partial charge in [0.05, 0.1) is 19.1 Å². The van der Waals surface area contributed by atoms with Crippen LogP contribution in [0.4, 0.5) is 5.69 Å². The van der Waals surface area contributed by atoms with Crippen LogP contribution in [0.15, 0.2) is 108 Å². The molecule has 0 bridgehead atoms. The van der Waals surface area contributed by atoms with Gasteiger partial charge in [0.15, 0.2) is 11.5 Å². The van der Waals surface area contributed by atoms with Gasteiger partial charge in [-0.05, 0) is 60.5 Å². The third-order valence-electron chi connectivity index (χ3n) is 5.66. The van der Waals surface area contributed by atoms with Crippen LogP contribution in [0, 0.1) is 0 Å². The molecule has 4 aromatic carbocycles. The average molecular weight is 533 g/mol. The molecule has 2 N–H and O–H groups in total. The molecule has 0 aliphatic carbocycles. The number of nitrogens with one attached hydrogen (secondary N) is 2. The van der Waals surface area contributed by atoms with Gasteiger partial charge in [0, 0.05) is 11.8 Å². The Labute approximate surface area is 222 Å². The van der Waals surface area contributed by atoms with Crippen LogP contribution < -0.4 is 24.2 Å². The van der Waals surface area contributed by atoms with E-state index in [1.54, 1.807) is 24.3 Å². The third-order valence-corrected chi connectivity index (χ3v) is 7.13. The zero-order valence-corrected chi connectivity index (χ0v) is 21.8. The molecular weight excluding hydrogens is 504 g/mol. The highest BCUT2D eigenvalue weighted by atomic mass is 32.2. The number of para-hydroxylation sites is 1. The van der Waals surface area contributed by atoms with Crippen molar-refractivity contribution in [2.45, 2.75) is 17.4 Å². The topological polar surface area (TPSA) is 103 Å². The molecule has 9 heteroatoms. The number of rotatable bonds is 11. The molecule has 1 unspecified atom stereocenters. The van der Waals surface area contributed by atoms with E-state index in [9.17, 15) is 13.2 Å². The van der Waals surface area contributed by atoms with Crippen LogP contribution in [0.2, 0.25) is 0 Å². The minimum atomic E-state index is -4.08. The van der Waals surface area contributed by atoms with Gasteiger partial charge < -0.3 is 19.5 Å². The molecule has 0 aromatic heterocycles. The number of anilines is 1. The van der Waals surface area contributed by atoms with Gasteiger partial charge in [0.25, 0.3) is 0 Å². The SMILES string of the molecule is COc1ccc(S(=O)(=O)NC(Cc2ccccc2)C(=O)Nc2ccc(Oc3ccccc3)cc2)cc1OC. The Bertz CT molecular complexity index is 1460. The summed E-state index contributed by atoms with van der Waals surface area (Å²) in [7, 11) is -1.20. The molecule has 0 aliphatic rings. The van der Waals surface area contributed by atoms with Crippen molar-refractivity contribution in [3.05, 3.63) is 109 Å². The monoisotopic (exact) mass is 532 g/mol. The summed E-state index contributed by atoms with van der Waals surface area (Å²) in [4.78, 5) is 13.3. The van der Waals surface area contributed by atoms with Gasteiger partial charge >= 0.3 is 0 Å². The van der Waals surface area contributed by atoms with Gasteiger partial charge in [-0.25, -0.2) is 8.42 Å². The van der Waals surface area contributed by atoms with Gasteiger partial charge in [-0.1, -0.05) is 48.5 Å². The Kier molecular flexibility index (Phi) is 8.62. The highest BCUT2D eigenvalue weighted by molar-refractivity contribution is 7.89. The molecule has 196 valence electrons. The molecular formula is C29H28N2O6S. The molecule has 8 nitrogen and oxygen atoms in total. The molecule has 0 aliphatic heterocycles. The van der Waals surface area contributed by atoms with Crippen LogP contribution in [0.1, 0.15) is 5.56 Å². The normalized spacial score (nSPS) is 11.8. The second-order valence-corrected chi connectivity index (χ2v) is 10.0. The summed E-state index contributed by atoms with van der Waals surface area (Å²) >= 11 is 0. The maximum absolute atomic E-state index is 13.3. The van der Waals surface area contributed by atoms with E-state index < -0.39 is 22.0 Å². The number of amides is 1. The van der Waals surface area contributed by atoms with Crippen molar-refractivity contribution in [2.75, 3.05) is 19.5 Å². The van der Waals surface area contributed by atoms with E-state index in [4.69, 9.17) is 14.2 Å². The quantitative estimate of drug-likeness (QED) is 0.281. The molecule has 1 amide bonds. The average Bonchev–Trinajstić information content (AvgIpc) is 2.94. The Hall–Kier alpha value is -4.34. The summed E-state index contributed by atoms with van der Waals surface area (Å²) in [6.45, 7) is 0. The number of carbonyl (C=O) groups excluding carboxylic acids is 1. The van der Waals surface area contributed by atoms with E-state index in [0.29, 0.717) is 22.9 Å². The van der Waals surface area contributed by atoms with Gasteiger partial charge in [0.2, 0.25) is 15.9 Å². The molecule has 0 fully saturated rings. The fraction of sp³-hybridized carbons (Fsp3) is 0.138. The molecule has 1 atom stereocenters. The number of hydrogen-bond acceptors (Lipinski definition) is 6. The molecule has 0 heterocycles. The molecule has 4 rings (SSSR count). The highest BCUT2D eigenvalue weighted by Gasteiger charge is 2.27. The lowest BCUT2D eigenvalue weighted by atomic mass is 10.1. The first kappa shape index (κ1) is 26.7. The second kappa shape index (κ2) is 12.3. The van der Waals surface area contributed by atoms with E-state index in [1.165, 1.54) is 32.4 Å². The number of benzene rings is 4. The summed E-state index contributed by atoms with van der Waals surface area (Å²) in [5.74, 6) is 1.44. The zero-order chi connectivity index (χ0) is 27.0. The van der Waals surface area contributed by atoms with Gasteiger partial charge in [-0.2, -0.15) is 4.72 Å². The lowest BCUT2D eigenvalue weighted by Crippen LogP contribution is -2.45. The van der Waals surface area contributed by atoms with Crippen LogP contribution >= 0.6 is 0 Å². The van der Waals surface area contributed by atoms with E-state index >= 15 is 0 Å². The smallest absolute Gasteiger partial charge is 0.242 e. The van der Waals surface area contributed by atoms with Crippen molar-refractivity contribution in [3.63, 3.8) is 0 Å². The molecule has 38 heavy (non-hydrogen) atoms. The van der Waals surface area contributed by atoms with E-state index in [1.807, 2.05) is 60.7 Å². The number of methoxy groups -OCH3 is 2. The summed E-state index contributed by atoms with van der Waals surface area (Å²) in [5, 5.41) is 2.80. The Balaban J connectivity index is 1.53. The number of sulfonamides is 1. The van der Waals surface area contributed by atoms with Crippen LogP contribution in [0.5, 0.6) is 23.0 Å². The lowest BCUT2D eigenvalue weighted by molar-refractivity contribution is -0.117. The molecule has 0 saturated carbocycles. The Morgan fingerprint density at radius 3 is 2.00 bits per heavy atom. The van der Waals surface area contributed by atoms with Gasteiger partial charge in [-0.3, -0.25) is 4.79 Å². The predicted molar refractivity (Wildman–Crippen MR) is 145 cm³/mol. The number of carbonyl (C=O) groups is 1. The van der Waals surface area contributed by atoms with Crippen molar-refractivity contribution in [1.82, 2.24) is 4.72 Å². The summed E-state index contributed by atoms with van der Waals surface area (Å²) in [6, 6.07) is 28.5. The van der Waals surface area contributed by atoms with Crippen molar-refractivity contribution in [1.29, 1.82) is 0 Å². The largest absolute Gasteiger partial charge is 0.493 e. The Morgan fingerprint density at radius 1 is 0.763 bits per heavy atom. The Morgan fingerprint density at radius 2 is 1.37 bits per heavy atom. The standard InChI is InChI=1S/C29H28N2O6S/c1-35-27-18-17-25(20-28(27)36-2)38(33,34)31-26(19-21-9-5-3-6-10-21)29(32)30-22-13-15-24(16-14-22)37-23-11-7-4-8-12-23/h3-18,20,26,31H,19H2,1-2H3,(H,30,32). The van der Waals surface area contributed by atoms with E-state index in [-0.39, 0.29) is 17.1 Å². The summed E-state index contributed by atoms with van der Waals surface area (Å²) in [6.07, 6.45) is 0.147. The molecule has 0 radical (unpaired) electrons.